The summed E-state index contributed by atoms with van der Waals surface area (Å²) in [5.74, 6) is -0.692. The molecule has 0 aliphatic heterocycles. The van der Waals surface area contributed by atoms with Crippen LogP contribution in [0.3, 0.4) is 0 Å². The molecule has 6 nitrogen and oxygen atoms in total. The Morgan fingerprint density at radius 2 is 1.81 bits per heavy atom. The number of halogens is 1. The third-order valence-electron chi connectivity index (χ3n) is 3.78. The van der Waals surface area contributed by atoms with Gasteiger partial charge in [-0.15, -0.1) is 0 Å². The Kier molecular flexibility index (Phi) is 7.79. The first-order valence-electron chi connectivity index (χ1n) is 8.41. The highest BCUT2D eigenvalue weighted by molar-refractivity contribution is 7.89. The molecule has 8 heteroatoms. The van der Waals surface area contributed by atoms with Gasteiger partial charge in [0.1, 0.15) is 6.61 Å². The van der Waals surface area contributed by atoms with E-state index in [9.17, 15) is 13.2 Å². The predicted molar refractivity (Wildman–Crippen MR) is 103 cm³/mol. The van der Waals surface area contributed by atoms with E-state index in [2.05, 4.69) is 0 Å². The molecular weight excluding hydrogens is 390 g/mol. The zero-order valence-corrected chi connectivity index (χ0v) is 16.8. The third kappa shape index (κ3) is 5.77. The molecule has 0 N–H and O–H groups in total. The molecule has 146 valence electrons. The van der Waals surface area contributed by atoms with Crippen molar-refractivity contribution < 1.29 is 22.7 Å². The zero-order chi connectivity index (χ0) is 19.9. The topological polar surface area (TPSA) is 72.9 Å². The highest BCUT2D eigenvalue weighted by Gasteiger charge is 2.24. The summed E-state index contributed by atoms with van der Waals surface area (Å²) in [5, 5.41) is 0.126. The van der Waals surface area contributed by atoms with Crippen molar-refractivity contribution in [3.05, 3.63) is 64.7 Å². The van der Waals surface area contributed by atoms with Crippen molar-refractivity contribution in [3.8, 4) is 0 Å². The van der Waals surface area contributed by atoms with Crippen LogP contribution in [0.2, 0.25) is 5.02 Å². The van der Waals surface area contributed by atoms with E-state index in [4.69, 9.17) is 21.1 Å². The Labute approximate surface area is 164 Å². The molecule has 0 aromatic heterocycles. The summed E-state index contributed by atoms with van der Waals surface area (Å²) in [6.45, 7) is 2.88. The standard InChI is InChI=1S/C19H22ClNO5S/c1-3-25-11-12-26-19(22)17-13-16(9-10-18(17)20)27(23,24)21(2)14-15-7-5-4-6-8-15/h4-10,13H,3,11-12,14H2,1-2H3. The van der Waals surface area contributed by atoms with Gasteiger partial charge >= 0.3 is 5.97 Å². The highest BCUT2D eigenvalue weighted by Crippen LogP contribution is 2.24. The summed E-state index contributed by atoms with van der Waals surface area (Å²) in [6, 6.07) is 13.2. The second-order valence-corrected chi connectivity index (χ2v) is 8.17. The highest BCUT2D eigenvalue weighted by atomic mass is 35.5. The molecule has 0 saturated heterocycles. The van der Waals surface area contributed by atoms with Gasteiger partial charge in [-0.05, 0) is 30.7 Å². The molecule has 2 aromatic carbocycles. The second kappa shape index (κ2) is 9.85. The van der Waals surface area contributed by atoms with Crippen LogP contribution in [0.4, 0.5) is 0 Å². The Morgan fingerprint density at radius 3 is 2.48 bits per heavy atom. The van der Waals surface area contributed by atoms with E-state index in [1.54, 1.807) is 0 Å². The van der Waals surface area contributed by atoms with Gasteiger partial charge in [-0.2, -0.15) is 4.31 Å². The fourth-order valence-electron chi connectivity index (χ4n) is 2.34. The molecule has 27 heavy (non-hydrogen) atoms. The molecule has 0 bridgehead atoms. The number of rotatable bonds is 9. The van der Waals surface area contributed by atoms with Gasteiger partial charge in [0.05, 0.1) is 22.1 Å². The Bertz CT molecular complexity index is 871. The smallest absolute Gasteiger partial charge is 0.339 e. The largest absolute Gasteiger partial charge is 0.460 e. The molecule has 0 radical (unpaired) electrons. The van der Waals surface area contributed by atoms with Gasteiger partial charge in [-0.1, -0.05) is 41.9 Å². The van der Waals surface area contributed by atoms with E-state index in [1.807, 2.05) is 37.3 Å². The molecule has 2 aromatic rings. The Morgan fingerprint density at radius 1 is 1.11 bits per heavy atom. The van der Waals surface area contributed by atoms with Crippen molar-refractivity contribution in [3.63, 3.8) is 0 Å². The van der Waals surface area contributed by atoms with E-state index >= 15 is 0 Å². The molecule has 0 amide bonds. The Balaban J connectivity index is 2.18. The minimum Gasteiger partial charge on any atom is -0.460 e. The van der Waals surface area contributed by atoms with Crippen molar-refractivity contribution in [2.24, 2.45) is 0 Å². The quantitative estimate of drug-likeness (QED) is 0.467. The van der Waals surface area contributed by atoms with Crippen molar-refractivity contribution in [1.29, 1.82) is 0 Å². The Hall–Kier alpha value is -1.93. The van der Waals surface area contributed by atoms with Crippen LogP contribution in [0.15, 0.2) is 53.4 Å². The maximum Gasteiger partial charge on any atom is 0.339 e. The van der Waals surface area contributed by atoms with Gasteiger partial charge in [0.25, 0.3) is 0 Å². The van der Waals surface area contributed by atoms with Gasteiger partial charge in [0, 0.05) is 20.2 Å². The number of benzene rings is 2. The maximum atomic E-state index is 12.8. The lowest BCUT2D eigenvalue weighted by atomic mass is 10.2. The van der Waals surface area contributed by atoms with Crippen molar-refractivity contribution in [2.75, 3.05) is 26.9 Å². The fourth-order valence-corrected chi connectivity index (χ4v) is 3.72. The molecule has 0 saturated carbocycles. The molecular formula is C19H22ClNO5S. The third-order valence-corrected chi connectivity index (χ3v) is 5.91. The number of hydrogen-bond donors (Lipinski definition) is 0. The van der Waals surface area contributed by atoms with Gasteiger partial charge in [0.2, 0.25) is 10.0 Å². The lowest BCUT2D eigenvalue weighted by molar-refractivity contribution is 0.0335. The molecule has 0 spiro atoms. The van der Waals surface area contributed by atoms with Crippen LogP contribution in [0.25, 0.3) is 0 Å². The van der Waals surface area contributed by atoms with Gasteiger partial charge < -0.3 is 9.47 Å². The van der Waals surface area contributed by atoms with E-state index < -0.39 is 16.0 Å². The number of ether oxygens (including phenoxy) is 2. The first-order valence-corrected chi connectivity index (χ1v) is 10.2. The van der Waals surface area contributed by atoms with E-state index in [0.717, 1.165) is 5.56 Å². The summed E-state index contributed by atoms with van der Waals surface area (Å²) < 4.78 is 37.1. The van der Waals surface area contributed by atoms with Crippen LogP contribution < -0.4 is 0 Å². The number of nitrogens with zero attached hydrogens (tertiary/aromatic N) is 1. The second-order valence-electron chi connectivity index (χ2n) is 5.72. The summed E-state index contributed by atoms with van der Waals surface area (Å²) in [4.78, 5) is 12.2. The summed E-state index contributed by atoms with van der Waals surface area (Å²) in [5.41, 5.74) is 0.857. The molecule has 0 aliphatic carbocycles. The average molecular weight is 412 g/mol. The number of hydrogen-bond acceptors (Lipinski definition) is 5. The molecule has 0 aliphatic rings. The molecule has 0 heterocycles. The van der Waals surface area contributed by atoms with Crippen LogP contribution in [0.5, 0.6) is 0 Å². The lowest BCUT2D eigenvalue weighted by Crippen LogP contribution is -2.26. The minimum atomic E-state index is -3.80. The van der Waals surface area contributed by atoms with Gasteiger partial charge in [-0.25, -0.2) is 13.2 Å². The van der Waals surface area contributed by atoms with Gasteiger partial charge in [-0.3, -0.25) is 0 Å². The fraction of sp³-hybridized carbons (Fsp3) is 0.316. The number of carbonyl (C=O) groups is 1. The molecule has 0 atom stereocenters. The zero-order valence-electron chi connectivity index (χ0n) is 15.2. The monoisotopic (exact) mass is 411 g/mol. The van der Waals surface area contributed by atoms with E-state index in [0.29, 0.717) is 6.61 Å². The van der Waals surface area contributed by atoms with E-state index in [1.165, 1.54) is 29.6 Å². The van der Waals surface area contributed by atoms with E-state index in [-0.39, 0.29) is 35.2 Å². The van der Waals surface area contributed by atoms with Crippen LogP contribution >= 0.6 is 11.6 Å². The lowest BCUT2D eigenvalue weighted by Gasteiger charge is -2.18. The van der Waals surface area contributed by atoms with Crippen LogP contribution in [-0.4, -0.2) is 45.6 Å². The maximum absolute atomic E-state index is 12.8. The van der Waals surface area contributed by atoms with Crippen molar-refractivity contribution >= 4 is 27.6 Å². The molecule has 2 rings (SSSR count). The SMILES string of the molecule is CCOCCOC(=O)c1cc(S(=O)(=O)N(C)Cc2ccccc2)ccc1Cl. The van der Waals surface area contributed by atoms with Gasteiger partial charge in [0.15, 0.2) is 0 Å². The summed E-state index contributed by atoms with van der Waals surface area (Å²) in [6.07, 6.45) is 0. The molecule has 0 fully saturated rings. The minimum absolute atomic E-state index is 0.00218. The van der Waals surface area contributed by atoms with Crippen molar-refractivity contribution in [2.45, 2.75) is 18.4 Å². The van der Waals surface area contributed by atoms with Crippen LogP contribution in [0.1, 0.15) is 22.8 Å². The van der Waals surface area contributed by atoms with Crippen LogP contribution in [-0.2, 0) is 26.0 Å². The number of carbonyl (C=O) groups excluding carboxylic acids is 1. The number of esters is 1. The molecule has 0 unspecified atom stereocenters. The first-order chi connectivity index (χ1) is 12.9. The first kappa shape index (κ1) is 21.4. The average Bonchev–Trinajstić information content (AvgIpc) is 2.66. The number of sulfonamides is 1. The normalized spacial score (nSPS) is 11.6. The summed E-state index contributed by atoms with van der Waals surface area (Å²) >= 11 is 6.05. The summed E-state index contributed by atoms with van der Waals surface area (Å²) in [7, 11) is -2.31. The van der Waals surface area contributed by atoms with Crippen molar-refractivity contribution in [1.82, 2.24) is 4.31 Å². The van der Waals surface area contributed by atoms with Crippen LogP contribution in [0, 0.1) is 0 Å². The predicted octanol–water partition coefficient (Wildman–Crippen LogP) is 3.35.